The van der Waals surface area contributed by atoms with Gasteiger partial charge in [0.2, 0.25) is 0 Å². The first-order valence-electron chi connectivity index (χ1n) is 6.17. The third kappa shape index (κ3) is 2.23. The number of halogens is 1. The molecule has 3 rings (SSSR count). The van der Waals surface area contributed by atoms with Crippen molar-refractivity contribution in [3.8, 4) is 0 Å². The van der Waals surface area contributed by atoms with Crippen molar-refractivity contribution in [3.05, 3.63) is 83.7 Å². The molecule has 0 spiro atoms. The van der Waals surface area contributed by atoms with E-state index in [0.29, 0.717) is 5.56 Å². The summed E-state index contributed by atoms with van der Waals surface area (Å²) in [6.07, 6.45) is -0.744. The normalized spacial score (nSPS) is 12.5. The molecule has 0 aliphatic rings. The zero-order valence-corrected chi connectivity index (χ0v) is 10.3. The van der Waals surface area contributed by atoms with Gasteiger partial charge in [-0.2, -0.15) is 0 Å². The maximum atomic E-state index is 12.9. The van der Waals surface area contributed by atoms with Crippen molar-refractivity contribution in [1.29, 1.82) is 0 Å². The third-order valence-electron chi connectivity index (χ3n) is 3.30. The van der Waals surface area contributed by atoms with Crippen molar-refractivity contribution in [2.75, 3.05) is 0 Å². The van der Waals surface area contributed by atoms with E-state index in [-0.39, 0.29) is 5.82 Å². The molecule has 19 heavy (non-hydrogen) atoms. The van der Waals surface area contributed by atoms with Crippen molar-refractivity contribution in [2.45, 2.75) is 6.10 Å². The monoisotopic (exact) mass is 252 g/mol. The first kappa shape index (κ1) is 11.9. The highest BCUT2D eigenvalue weighted by Gasteiger charge is 2.13. The number of benzene rings is 3. The zero-order valence-electron chi connectivity index (χ0n) is 10.3. The lowest BCUT2D eigenvalue weighted by molar-refractivity contribution is 0.222. The number of aliphatic hydroxyl groups is 1. The van der Waals surface area contributed by atoms with E-state index in [2.05, 4.69) is 0 Å². The highest BCUT2D eigenvalue weighted by molar-refractivity contribution is 5.86. The summed E-state index contributed by atoms with van der Waals surface area (Å²) in [5.41, 5.74) is 1.53. The van der Waals surface area contributed by atoms with Crippen LogP contribution in [0.4, 0.5) is 4.39 Å². The standard InChI is InChI=1S/C17H13FO/c18-14-10-8-13(9-11-14)17(19)16-7-3-5-12-4-1-2-6-15(12)16/h1-11,17,19H. The van der Waals surface area contributed by atoms with Crippen LogP contribution in [0.1, 0.15) is 17.2 Å². The fraction of sp³-hybridized carbons (Fsp3) is 0.0588. The smallest absolute Gasteiger partial charge is 0.123 e. The molecule has 1 atom stereocenters. The van der Waals surface area contributed by atoms with Gasteiger partial charge in [-0.1, -0.05) is 54.6 Å². The molecule has 94 valence electrons. The Balaban J connectivity index is 2.11. The van der Waals surface area contributed by atoms with Gasteiger partial charge in [-0.05, 0) is 34.0 Å². The number of fused-ring (bicyclic) bond motifs is 1. The third-order valence-corrected chi connectivity index (χ3v) is 3.30. The van der Waals surface area contributed by atoms with Crippen LogP contribution in [0, 0.1) is 5.82 Å². The number of hydrogen-bond donors (Lipinski definition) is 1. The molecule has 1 unspecified atom stereocenters. The molecule has 0 bridgehead atoms. The molecule has 3 aromatic rings. The van der Waals surface area contributed by atoms with Gasteiger partial charge in [0.1, 0.15) is 11.9 Å². The van der Waals surface area contributed by atoms with E-state index in [1.54, 1.807) is 12.1 Å². The molecule has 0 fully saturated rings. The lowest BCUT2D eigenvalue weighted by Gasteiger charge is -2.14. The van der Waals surface area contributed by atoms with Crippen LogP contribution in [0.3, 0.4) is 0 Å². The average Bonchev–Trinajstić information content (AvgIpc) is 2.47. The number of aliphatic hydroxyl groups excluding tert-OH is 1. The van der Waals surface area contributed by atoms with Crippen LogP contribution < -0.4 is 0 Å². The fourth-order valence-electron chi connectivity index (χ4n) is 2.31. The van der Waals surface area contributed by atoms with Crippen LogP contribution in [-0.4, -0.2) is 5.11 Å². The first-order valence-corrected chi connectivity index (χ1v) is 6.17. The van der Waals surface area contributed by atoms with Crippen molar-refractivity contribution in [3.63, 3.8) is 0 Å². The summed E-state index contributed by atoms with van der Waals surface area (Å²) < 4.78 is 12.9. The Morgan fingerprint density at radius 1 is 0.789 bits per heavy atom. The molecule has 0 radical (unpaired) electrons. The van der Waals surface area contributed by atoms with Gasteiger partial charge in [0.05, 0.1) is 0 Å². The van der Waals surface area contributed by atoms with E-state index >= 15 is 0 Å². The largest absolute Gasteiger partial charge is 0.384 e. The van der Waals surface area contributed by atoms with Gasteiger partial charge >= 0.3 is 0 Å². The van der Waals surface area contributed by atoms with E-state index in [1.807, 2.05) is 42.5 Å². The summed E-state index contributed by atoms with van der Waals surface area (Å²) in [5.74, 6) is -0.297. The molecule has 1 N–H and O–H groups in total. The molecule has 0 aromatic heterocycles. The highest BCUT2D eigenvalue weighted by Crippen LogP contribution is 2.28. The number of hydrogen-bond acceptors (Lipinski definition) is 1. The molecule has 3 aromatic carbocycles. The summed E-state index contributed by atoms with van der Waals surface area (Å²) in [7, 11) is 0. The number of rotatable bonds is 2. The minimum atomic E-state index is -0.744. The van der Waals surface area contributed by atoms with Crippen LogP contribution in [0.2, 0.25) is 0 Å². The van der Waals surface area contributed by atoms with Crippen LogP contribution in [0.15, 0.2) is 66.7 Å². The van der Waals surface area contributed by atoms with Gasteiger partial charge in [-0.15, -0.1) is 0 Å². The highest BCUT2D eigenvalue weighted by atomic mass is 19.1. The van der Waals surface area contributed by atoms with Crippen molar-refractivity contribution < 1.29 is 9.50 Å². The Kier molecular flexibility index (Phi) is 3.02. The lowest BCUT2D eigenvalue weighted by atomic mass is 9.96. The quantitative estimate of drug-likeness (QED) is 0.729. The van der Waals surface area contributed by atoms with E-state index < -0.39 is 6.10 Å². The van der Waals surface area contributed by atoms with Crippen LogP contribution in [0.5, 0.6) is 0 Å². The molecule has 1 nitrogen and oxygen atoms in total. The summed E-state index contributed by atoms with van der Waals surface area (Å²) in [5, 5.41) is 12.6. The average molecular weight is 252 g/mol. The second-order valence-electron chi connectivity index (χ2n) is 4.52. The predicted molar refractivity (Wildman–Crippen MR) is 74.4 cm³/mol. The Morgan fingerprint density at radius 3 is 2.26 bits per heavy atom. The van der Waals surface area contributed by atoms with E-state index in [4.69, 9.17) is 0 Å². The molecular weight excluding hydrogens is 239 g/mol. The van der Waals surface area contributed by atoms with Gasteiger partial charge in [-0.3, -0.25) is 0 Å². The Morgan fingerprint density at radius 2 is 1.47 bits per heavy atom. The second kappa shape index (κ2) is 4.82. The maximum Gasteiger partial charge on any atom is 0.123 e. The second-order valence-corrected chi connectivity index (χ2v) is 4.52. The van der Waals surface area contributed by atoms with Crippen molar-refractivity contribution >= 4 is 10.8 Å². The van der Waals surface area contributed by atoms with Gasteiger partial charge < -0.3 is 5.11 Å². The van der Waals surface area contributed by atoms with Gasteiger partial charge in [0.15, 0.2) is 0 Å². The van der Waals surface area contributed by atoms with Gasteiger partial charge in [-0.25, -0.2) is 4.39 Å². The summed E-state index contributed by atoms with van der Waals surface area (Å²) in [6, 6.07) is 19.7. The summed E-state index contributed by atoms with van der Waals surface area (Å²) >= 11 is 0. The maximum absolute atomic E-state index is 12.9. The van der Waals surface area contributed by atoms with Crippen LogP contribution >= 0.6 is 0 Å². The Labute approximate surface area is 110 Å². The minimum Gasteiger partial charge on any atom is -0.384 e. The molecule has 0 aliphatic heterocycles. The molecule has 0 saturated carbocycles. The topological polar surface area (TPSA) is 20.2 Å². The van der Waals surface area contributed by atoms with E-state index in [9.17, 15) is 9.50 Å². The molecule has 2 heteroatoms. The van der Waals surface area contributed by atoms with Crippen molar-refractivity contribution in [1.82, 2.24) is 0 Å². The first-order chi connectivity index (χ1) is 9.25. The van der Waals surface area contributed by atoms with E-state index in [1.165, 1.54) is 12.1 Å². The van der Waals surface area contributed by atoms with Crippen molar-refractivity contribution in [2.24, 2.45) is 0 Å². The Bertz CT molecular complexity index is 699. The minimum absolute atomic E-state index is 0.297. The summed E-state index contributed by atoms with van der Waals surface area (Å²) in [6.45, 7) is 0. The predicted octanol–water partition coefficient (Wildman–Crippen LogP) is 4.06. The van der Waals surface area contributed by atoms with Crippen LogP contribution in [0.25, 0.3) is 10.8 Å². The molecule has 0 saturated heterocycles. The Hall–Kier alpha value is -2.19. The summed E-state index contributed by atoms with van der Waals surface area (Å²) in [4.78, 5) is 0. The SMILES string of the molecule is OC(c1ccc(F)cc1)c1cccc2ccccc12. The lowest BCUT2D eigenvalue weighted by Crippen LogP contribution is -2.00. The van der Waals surface area contributed by atoms with Crippen LogP contribution in [-0.2, 0) is 0 Å². The molecule has 0 aliphatic carbocycles. The molecule has 0 heterocycles. The molecular formula is C17H13FO. The van der Waals surface area contributed by atoms with E-state index in [0.717, 1.165) is 16.3 Å². The van der Waals surface area contributed by atoms with Gasteiger partial charge in [0.25, 0.3) is 0 Å². The molecule has 0 amide bonds. The van der Waals surface area contributed by atoms with Gasteiger partial charge in [0, 0.05) is 0 Å². The fourth-order valence-corrected chi connectivity index (χ4v) is 2.31. The zero-order chi connectivity index (χ0) is 13.2.